The van der Waals surface area contributed by atoms with Crippen LogP contribution in [0.2, 0.25) is 0 Å². The lowest BCUT2D eigenvalue weighted by Gasteiger charge is -2.39. The zero-order chi connectivity index (χ0) is 15.0. The summed E-state index contributed by atoms with van der Waals surface area (Å²) in [6.45, 7) is 7.19. The van der Waals surface area contributed by atoms with Gasteiger partial charge in [-0.2, -0.15) is 0 Å². The largest absolute Gasteiger partial charge is 0.459 e. The van der Waals surface area contributed by atoms with Gasteiger partial charge in [0.05, 0.1) is 0 Å². The summed E-state index contributed by atoms with van der Waals surface area (Å²) in [6, 6.07) is 0. The smallest absolute Gasteiger partial charge is 0.322 e. The monoisotopic (exact) mass is 297 g/mol. The highest BCUT2D eigenvalue weighted by Gasteiger charge is 2.53. The van der Waals surface area contributed by atoms with Gasteiger partial charge < -0.3 is 4.74 Å². The molecule has 0 bridgehead atoms. The topological polar surface area (TPSA) is 81.2 Å². The van der Waals surface area contributed by atoms with E-state index in [1.165, 1.54) is 11.3 Å². The second-order valence-electron chi connectivity index (χ2n) is 6.02. The molecule has 1 saturated carbocycles. The molecule has 1 aromatic heterocycles. The Kier molecular flexibility index (Phi) is 3.82. The Hall–Kier alpha value is -1.50. The van der Waals surface area contributed by atoms with Gasteiger partial charge in [0.15, 0.2) is 0 Å². The molecule has 1 heterocycles. The van der Waals surface area contributed by atoms with Gasteiger partial charge in [-0.05, 0) is 40.5 Å². The van der Waals surface area contributed by atoms with E-state index < -0.39 is 17.0 Å². The molecule has 110 valence electrons. The summed E-state index contributed by atoms with van der Waals surface area (Å²) < 4.78 is 5.38. The average molecular weight is 297 g/mol. The minimum atomic E-state index is -1.06. The molecule has 1 aliphatic rings. The van der Waals surface area contributed by atoms with Crippen LogP contribution in [0.5, 0.6) is 0 Å². The lowest BCUT2D eigenvalue weighted by molar-refractivity contribution is -0.175. The van der Waals surface area contributed by atoms with Gasteiger partial charge in [0.2, 0.25) is 11.0 Å². The molecule has 1 fully saturated rings. The van der Waals surface area contributed by atoms with Gasteiger partial charge >= 0.3 is 5.97 Å². The number of aromatic nitrogens is 2. The van der Waals surface area contributed by atoms with E-state index >= 15 is 0 Å². The number of anilines is 1. The van der Waals surface area contributed by atoms with Crippen molar-refractivity contribution < 1.29 is 14.3 Å². The molecule has 0 aromatic carbocycles. The second-order valence-corrected chi connectivity index (χ2v) is 7.20. The first-order valence-electron chi connectivity index (χ1n) is 6.58. The molecule has 0 spiro atoms. The molecule has 1 aliphatic carbocycles. The van der Waals surface area contributed by atoms with E-state index in [0.29, 0.717) is 18.0 Å². The zero-order valence-corrected chi connectivity index (χ0v) is 13.0. The molecule has 2 rings (SSSR count). The SMILES string of the molecule is Cc1nnc(NC(=O)C2(C(=O)OC(C)(C)C)CCC2)s1. The Balaban J connectivity index is 2.10. The van der Waals surface area contributed by atoms with Crippen molar-refractivity contribution in [3.8, 4) is 0 Å². The molecule has 0 atom stereocenters. The van der Waals surface area contributed by atoms with Crippen LogP contribution in [0.15, 0.2) is 0 Å². The maximum atomic E-state index is 12.4. The average Bonchev–Trinajstić information content (AvgIpc) is 2.58. The van der Waals surface area contributed by atoms with E-state index in [-0.39, 0.29) is 5.91 Å². The van der Waals surface area contributed by atoms with Crippen molar-refractivity contribution in [1.82, 2.24) is 10.2 Å². The molecular formula is C13H19N3O3S. The fraction of sp³-hybridized carbons (Fsp3) is 0.692. The first kappa shape index (κ1) is 14.9. The number of rotatable bonds is 3. The van der Waals surface area contributed by atoms with Crippen molar-refractivity contribution in [1.29, 1.82) is 0 Å². The van der Waals surface area contributed by atoms with E-state index in [9.17, 15) is 9.59 Å². The number of ether oxygens (including phenoxy) is 1. The van der Waals surface area contributed by atoms with E-state index in [1.54, 1.807) is 27.7 Å². The standard InChI is InChI=1S/C13H19N3O3S/c1-8-15-16-11(20-8)14-9(17)13(6-5-7-13)10(18)19-12(2,3)4/h5-7H2,1-4H3,(H,14,16,17). The Morgan fingerprint density at radius 2 is 1.95 bits per heavy atom. The van der Waals surface area contributed by atoms with Gasteiger partial charge in [-0.25, -0.2) is 0 Å². The Morgan fingerprint density at radius 1 is 1.30 bits per heavy atom. The number of esters is 1. The minimum Gasteiger partial charge on any atom is -0.459 e. The van der Waals surface area contributed by atoms with Crippen molar-refractivity contribution >= 4 is 28.3 Å². The third kappa shape index (κ3) is 2.98. The summed E-state index contributed by atoms with van der Waals surface area (Å²) in [7, 11) is 0. The minimum absolute atomic E-state index is 0.339. The van der Waals surface area contributed by atoms with Gasteiger partial charge in [-0.1, -0.05) is 17.8 Å². The van der Waals surface area contributed by atoms with Crippen molar-refractivity contribution in [2.45, 2.75) is 52.6 Å². The van der Waals surface area contributed by atoms with Crippen LogP contribution >= 0.6 is 11.3 Å². The highest BCUT2D eigenvalue weighted by molar-refractivity contribution is 7.15. The summed E-state index contributed by atoms with van der Waals surface area (Å²) in [6.07, 6.45) is 1.89. The van der Waals surface area contributed by atoms with Crippen molar-refractivity contribution in [3.63, 3.8) is 0 Å². The molecule has 20 heavy (non-hydrogen) atoms. The molecule has 0 radical (unpaired) electrons. The second kappa shape index (κ2) is 5.12. The Morgan fingerprint density at radius 3 is 2.35 bits per heavy atom. The Bertz CT molecular complexity index is 529. The molecule has 7 heteroatoms. The summed E-state index contributed by atoms with van der Waals surface area (Å²) in [5, 5.41) is 11.5. The number of carbonyl (C=O) groups excluding carboxylic acids is 2. The molecule has 0 saturated heterocycles. The fourth-order valence-electron chi connectivity index (χ4n) is 1.99. The van der Waals surface area contributed by atoms with Crippen LogP contribution in [-0.4, -0.2) is 27.7 Å². The van der Waals surface area contributed by atoms with Crippen LogP contribution in [0, 0.1) is 12.3 Å². The van der Waals surface area contributed by atoms with Crippen LogP contribution in [0.1, 0.15) is 45.0 Å². The van der Waals surface area contributed by atoms with Crippen molar-refractivity contribution in [2.75, 3.05) is 5.32 Å². The highest BCUT2D eigenvalue weighted by Crippen LogP contribution is 2.44. The number of amides is 1. The van der Waals surface area contributed by atoms with Crippen LogP contribution in [0.4, 0.5) is 5.13 Å². The van der Waals surface area contributed by atoms with Gasteiger partial charge in [-0.15, -0.1) is 10.2 Å². The van der Waals surface area contributed by atoms with Crippen LogP contribution in [-0.2, 0) is 14.3 Å². The third-order valence-electron chi connectivity index (χ3n) is 3.18. The van der Waals surface area contributed by atoms with Gasteiger partial charge in [0, 0.05) is 0 Å². The van der Waals surface area contributed by atoms with E-state index in [2.05, 4.69) is 15.5 Å². The summed E-state index contributed by atoms with van der Waals surface area (Å²) in [5.74, 6) is -0.788. The lowest BCUT2D eigenvalue weighted by Crippen LogP contribution is -2.50. The number of aryl methyl sites for hydroxylation is 1. The van der Waals surface area contributed by atoms with Gasteiger partial charge in [0.1, 0.15) is 16.0 Å². The summed E-state index contributed by atoms with van der Waals surface area (Å²) >= 11 is 1.29. The highest BCUT2D eigenvalue weighted by atomic mass is 32.1. The molecule has 6 nitrogen and oxygen atoms in total. The first-order chi connectivity index (χ1) is 9.23. The summed E-state index contributed by atoms with van der Waals surface area (Å²) in [5.41, 5.74) is -1.66. The van der Waals surface area contributed by atoms with Crippen molar-refractivity contribution in [3.05, 3.63) is 5.01 Å². The molecule has 1 N–H and O–H groups in total. The number of carbonyl (C=O) groups is 2. The summed E-state index contributed by atoms with van der Waals surface area (Å²) in [4.78, 5) is 24.7. The normalized spacial score (nSPS) is 17.2. The van der Waals surface area contributed by atoms with Crippen LogP contribution in [0.25, 0.3) is 0 Å². The number of hydrogen-bond donors (Lipinski definition) is 1. The van der Waals surface area contributed by atoms with Crippen LogP contribution in [0.3, 0.4) is 0 Å². The number of hydrogen-bond acceptors (Lipinski definition) is 6. The number of nitrogens with one attached hydrogen (secondary N) is 1. The van der Waals surface area contributed by atoms with E-state index in [0.717, 1.165) is 11.4 Å². The molecular weight excluding hydrogens is 278 g/mol. The first-order valence-corrected chi connectivity index (χ1v) is 7.40. The predicted octanol–water partition coefficient (Wildman–Crippen LogP) is 2.30. The van der Waals surface area contributed by atoms with Gasteiger partial charge in [-0.3, -0.25) is 14.9 Å². The number of nitrogens with zero attached hydrogens (tertiary/aromatic N) is 2. The lowest BCUT2D eigenvalue weighted by atomic mass is 9.68. The zero-order valence-electron chi connectivity index (χ0n) is 12.1. The molecule has 1 amide bonds. The fourth-order valence-corrected chi connectivity index (χ4v) is 2.58. The maximum Gasteiger partial charge on any atom is 0.322 e. The van der Waals surface area contributed by atoms with Crippen molar-refractivity contribution in [2.24, 2.45) is 5.41 Å². The van der Waals surface area contributed by atoms with Crippen LogP contribution < -0.4 is 5.32 Å². The van der Waals surface area contributed by atoms with E-state index in [1.807, 2.05) is 0 Å². The third-order valence-corrected chi connectivity index (χ3v) is 3.93. The van der Waals surface area contributed by atoms with E-state index in [4.69, 9.17) is 4.74 Å². The maximum absolute atomic E-state index is 12.4. The molecule has 1 aromatic rings. The predicted molar refractivity (Wildman–Crippen MR) is 75.4 cm³/mol. The quantitative estimate of drug-likeness (QED) is 0.684. The Labute approximate surface area is 121 Å². The van der Waals surface area contributed by atoms with Gasteiger partial charge in [0.25, 0.3) is 0 Å². The molecule has 0 unspecified atom stereocenters. The molecule has 0 aliphatic heterocycles.